The number of ketones is 1. The van der Waals surface area contributed by atoms with Crippen LogP contribution in [0.15, 0.2) is 78.9 Å². The van der Waals surface area contributed by atoms with Crippen molar-refractivity contribution in [2.24, 2.45) is 0 Å². The monoisotopic (exact) mass is 555 g/mol. The number of nitrogens with one attached hydrogen (secondary N) is 1. The zero-order valence-electron chi connectivity index (χ0n) is 20.6. The lowest BCUT2D eigenvalue weighted by Gasteiger charge is -2.33. The molecule has 11 heteroatoms. The predicted octanol–water partition coefficient (Wildman–Crippen LogP) is 5.27. The molecule has 2 heterocycles. The third-order valence-corrected chi connectivity index (χ3v) is 8.29. The van der Waals surface area contributed by atoms with Gasteiger partial charge in [-0.25, -0.2) is 13.2 Å². The highest BCUT2D eigenvalue weighted by molar-refractivity contribution is 7.91. The Morgan fingerprint density at radius 2 is 1.54 bits per heavy atom. The van der Waals surface area contributed by atoms with Gasteiger partial charge in [-0.15, -0.1) is 0 Å². The Balaban J connectivity index is 1.39. The molecule has 0 bridgehead atoms. The first-order valence-electron chi connectivity index (χ1n) is 12.2. The van der Waals surface area contributed by atoms with Crippen LogP contribution >= 0.6 is 0 Å². The molecule has 1 fully saturated rings. The van der Waals surface area contributed by atoms with Gasteiger partial charge in [0, 0.05) is 35.2 Å². The molecule has 202 valence electrons. The number of amides is 2. The summed E-state index contributed by atoms with van der Waals surface area (Å²) in [5.74, 6) is -0.558. The molecule has 1 aromatic heterocycles. The highest BCUT2D eigenvalue weighted by atomic mass is 32.2. The maximum absolute atomic E-state index is 13.4. The van der Waals surface area contributed by atoms with Crippen molar-refractivity contribution in [3.05, 3.63) is 101 Å². The maximum Gasteiger partial charge on any atom is 0.416 e. The normalized spacial score (nSPS) is 15.3. The minimum absolute atomic E-state index is 0.00373. The molecule has 0 spiro atoms. The first-order valence-corrected chi connectivity index (χ1v) is 14.0. The van der Waals surface area contributed by atoms with E-state index in [9.17, 15) is 31.2 Å². The van der Waals surface area contributed by atoms with E-state index >= 15 is 0 Å². The number of carbonyl (C=O) groups is 2. The molecule has 4 aromatic rings. The molecule has 0 unspecified atom stereocenters. The molecule has 0 radical (unpaired) electrons. The van der Waals surface area contributed by atoms with Crippen LogP contribution in [-0.2, 0) is 22.6 Å². The number of fused-ring (bicyclic) bond motifs is 1. The fourth-order valence-corrected chi connectivity index (χ4v) is 5.67. The summed E-state index contributed by atoms with van der Waals surface area (Å²) in [6.07, 6.45) is -4.53. The summed E-state index contributed by atoms with van der Waals surface area (Å²) in [4.78, 5) is 32.2. The highest BCUT2D eigenvalue weighted by Gasteiger charge is 2.32. The van der Waals surface area contributed by atoms with E-state index in [1.165, 1.54) is 21.9 Å². The van der Waals surface area contributed by atoms with Crippen LogP contribution in [0.2, 0.25) is 0 Å². The van der Waals surface area contributed by atoms with Gasteiger partial charge >= 0.3 is 12.2 Å². The molecule has 0 atom stereocenters. The molecule has 0 saturated carbocycles. The van der Waals surface area contributed by atoms with E-state index in [0.717, 1.165) is 23.0 Å². The van der Waals surface area contributed by atoms with E-state index in [-0.39, 0.29) is 42.6 Å². The molecular formula is C28H24F3N3O4S. The molecule has 3 aromatic carbocycles. The lowest BCUT2D eigenvalue weighted by Crippen LogP contribution is -2.49. The zero-order chi connectivity index (χ0) is 27.8. The number of benzene rings is 3. The van der Waals surface area contributed by atoms with Gasteiger partial charge in [0.2, 0.25) is 5.78 Å². The van der Waals surface area contributed by atoms with Crippen molar-refractivity contribution in [3.63, 3.8) is 0 Å². The molecule has 7 nitrogen and oxygen atoms in total. The van der Waals surface area contributed by atoms with E-state index in [1.807, 2.05) is 24.3 Å². The van der Waals surface area contributed by atoms with Crippen molar-refractivity contribution in [3.8, 4) is 0 Å². The number of aromatic nitrogens is 1. The Bertz CT molecular complexity index is 1580. The van der Waals surface area contributed by atoms with Crippen LogP contribution < -0.4 is 4.90 Å². The number of nitrogens with zero attached hydrogens (tertiary/aromatic N) is 2. The summed E-state index contributed by atoms with van der Waals surface area (Å²) >= 11 is 0. The maximum atomic E-state index is 13.4. The Morgan fingerprint density at radius 1 is 0.897 bits per heavy atom. The fourth-order valence-electron chi connectivity index (χ4n) is 4.47. The summed E-state index contributed by atoms with van der Waals surface area (Å²) in [5.41, 5.74) is 1.74. The van der Waals surface area contributed by atoms with Gasteiger partial charge in [0.1, 0.15) is 0 Å². The van der Waals surface area contributed by atoms with Gasteiger partial charge in [-0.2, -0.15) is 13.2 Å². The standard InChI is InChI=1S/C28H24F3N3O4S/c29-28(30,31)22-9-11-23(12-10-22)34(27(36)33-13-15-39(37,38)16-14-33)18-19-5-7-20(8-6-19)26(35)25-17-21-3-1-2-4-24(21)32-25/h1-12,17,32H,13-16,18H2. The van der Waals surface area contributed by atoms with Gasteiger partial charge in [-0.3, -0.25) is 9.69 Å². The van der Waals surface area contributed by atoms with E-state index in [0.29, 0.717) is 16.8 Å². The van der Waals surface area contributed by atoms with Crippen LogP contribution in [0.4, 0.5) is 23.7 Å². The largest absolute Gasteiger partial charge is 0.416 e. The molecule has 5 rings (SSSR count). The Kier molecular flexibility index (Phi) is 6.94. The number of rotatable bonds is 5. The van der Waals surface area contributed by atoms with Crippen molar-refractivity contribution in [1.29, 1.82) is 0 Å². The van der Waals surface area contributed by atoms with Crippen molar-refractivity contribution in [1.82, 2.24) is 9.88 Å². The smallest absolute Gasteiger partial charge is 0.352 e. The van der Waals surface area contributed by atoms with Crippen molar-refractivity contribution in [2.45, 2.75) is 12.7 Å². The molecule has 1 saturated heterocycles. The number of halogens is 3. The molecule has 1 N–H and O–H groups in total. The fraction of sp³-hybridized carbons (Fsp3) is 0.214. The van der Waals surface area contributed by atoms with Crippen molar-refractivity contribution in [2.75, 3.05) is 29.5 Å². The van der Waals surface area contributed by atoms with E-state index in [2.05, 4.69) is 4.98 Å². The molecular weight excluding hydrogens is 531 g/mol. The Labute approximate surface area is 222 Å². The quantitative estimate of drug-likeness (QED) is 0.340. The second-order valence-electron chi connectivity index (χ2n) is 9.35. The van der Waals surface area contributed by atoms with Gasteiger partial charge in [0.15, 0.2) is 9.84 Å². The van der Waals surface area contributed by atoms with E-state index in [4.69, 9.17) is 0 Å². The lowest BCUT2D eigenvalue weighted by molar-refractivity contribution is -0.137. The third kappa shape index (κ3) is 5.83. The van der Waals surface area contributed by atoms with Gasteiger partial charge < -0.3 is 9.88 Å². The summed E-state index contributed by atoms with van der Waals surface area (Å²) in [6, 6.07) is 19.6. The summed E-state index contributed by atoms with van der Waals surface area (Å²) < 4.78 is 63.0. The van der Waals surface area contributed by atoms with E-state index in [1.54, 1.807) is 30.3 Å². The predicted molar refractivity (Wildman–Crippen MR) is 141 cm³/mol. The number of hydrogen-bond donors (Lipinski definition) is 1. The topological polar surface area (TPSA) is 90.6 Å². The first kappa shape index (κ1) is 26.5. The first-order chi connectivity index (χ1) is 18.5. The summed E-state index contributed by atoms with van der Waals surface area (Å²) in [5, 5.41) is 0.911. The number of urea groups is 1. The van der Waals surface area contributed by atoms with Crippen LogP contribution in [0, 0.1) is 0 Å². The molecule has 2 amide bonds. The number of para-hydroxylation sites is 1. The van der Waals surface area contributed by atoms with Crippen molar-refractivity contribution < 1.29 is 31.2 Å². The van der Waals surface area contributed by atoms with Crippen LogP contribution in [0.3, 0.4) is 0 Å². The molecule has 1 aliphatic rings. The van der Waals surface area contributed by atoms with Gasteiger partial charge in [0.05, 0.1) is 29.3 Å². The molecule has 1 aliphatic heterocycles. The average Bonchev–Trinajstić information content (AvgIpc) is 3.35. The SMILES string of the molecule is O=C(c1ccc(CN(C(=O)N2CCS(=O)(=O)CC2)c2ccc(C(F)(F)F)cc2)cc1)c1cc2ccccc2[nH]1. The lowest BCUT2D eigenvalue weighted by atomic mass is 10.1. The van der Waals surface area contributed by atoms with Gasteiger partial charge in [0.25, 0.3) is 0 Å². The number of aromatic amines is 1. The van der Waals surface area contributed by atoms with Crippen LogP contribution in [0.25, 0.3) is 10.9 Å². The summed E-state index contributed by atoms with van der Waals surface area (Å²) in [7, 11) is -3.24. The molecule has 0 aliphatic carbocycles. The number of hydrogen-bond acceptors (Lipinski definition) is 4. The second-order valence-corrected chi connectivity index (χ2v) is 11.7. The number of carbonyl (C=O) groups excluding carboxylic acids is 2. The number of sulfone groups is 1. The van der Waals surface area contributed by atoms with E-state index < -0.39 is 27.6 Å². The van der Waals surface area contributed by atoms with Crippen LogP contribution in [0.1, 0.15) is 27.2 Å². The second kappa shape index (κ2) is 10.2. The Hall–Kier alpha value is -4.12. The molecule has 39 heavy (non-hydrogen) atoms. The minimum Gasteiger partial charge on any atom is -0.352 e. The number of H-pyrrole nitrogens is 1. The van der Waals surface area contributed by atoms with Gasteiger partial charge in [-0.05, 0) is 42.0 Å². The van der Waals surface area contributed by atoms with Crippen LogP contribution in [-0.4, -0.2) is 54.7 Å². The third-order valence-electron chi connectivity index (χ3n) is 6.68. The Morgan fingerprint density at radius 3 is 2.15 bits per heavy atom. The summed E-state index contributed by atoms with van der Waals surface area (Å²) in [6.45, 7) is 0.000783. The van der Waals surface area contributed by atoms with Crippen molar-refractivity contribution >= 4 is 38.2 Å². The minimum atomic E-state index is -4.53. The number of anilines is 1. The highest BCUT2D eigenvalue weighted by Crippen LogP contribution is 2.31. The van der Waals surface area contributed by atoms with Crippen LogP contribution in [0.5, 0.6) is 0 Å². The average molecular weight is 556 g/mol. The van der Waals surface area contributed by atoms with Gasteiger partial charge in [-0.1, -0.05) is 42.5 Å². The zero-order valence-corrected chi connectivity index (χ0v) is 21.4. The number of alkyl halides is 3.